The number of hydrogen-bond donors (Lipinski definition) is 0. The molecule has 1 heteroatoms. The van der Waals surface area contributed by atoms with Crippen molar-refractivity contribution >= 4 is 11.3 Å². The van der Waals surface area contributed by atoms with Gasteiger partial charge in [-0.2, -0.15) is 0 Å². The van der Waals surface area contributed by atoms with Gasteiger partial charge < -0.3 is 0 Å². The summed E-state index contributed by atoms with van der Waals surface area (Å²) >= 11 is 1.75. The van der Waals surface area contributed by atoms with Crippen LogP contribution in [-0.2, 0) is 0 Å². The van der Waals surface area contributed by atoms with E-state index in [2.05, 4.69) is 50.5 Å². The Balaban J connectivity index is 2.40. The second kappa shape index (κ2) is 12.4. The molecule has 0 fully saturated rings. The van der Waals surface area contributed by atoms with Crippen LogP contribution in [0.5, 0.6) is 0 Å². The monoisotopic (exact) mass is 314 g/mol. The number of unbranched alkanes of at least 4 members (excludes halogenated alkanes) is 8. The molecule has 0 radical (unpaired) electrons. The molecule has 0 nitrogen and oxygen atoms in total. The van der Waals surface area contributed by atoms with Crippen LogP contribution >= 0.6 is 11.3 Å². The summed E-state index contributed by atoms with van der Waals surface area (Å²) in [6, 6.07) is 2.19. The molecule has 0 atom stereocenters. The van der Waals surface area contributed by atoms with Crippen LogP contribution < -0.4 is 0 Å². The second-order valence-corrected chi connectivity index (χ2v) is 6.90. The van der Waals surface area contributed by atoms with Gasteiger partial charge in [-0.1, -0.05) is 76.1 Å². The van der Waals surface area contributed by atoms with E-state index in [1.165, 1.54) is 66.7 Å². The Morgan fingerprint density at radius 3 is 2.00 bits per heavy atom. The van der Waals surface area contributed by atoms with Crippen molar-refractivity contribution in [3.8, 4) is 23.7 Å². The fourth-order valence-corrected chi connectivity index (χ4v) is 3.16. The fraction of sp³-hybridized carbons (Fsp3) is 0.619. The van der Waals surface area contributed by atoms with E-state index in [0.717, 1.165) is 12.8 Å². The molecule has 0 aliphatic heterocycles. The van der Waals surface area contributed by atoms with Gasteiger partial charge in [0.1, 0.15) is 0 Å². The van der Waals surface area contributed by atoms with Gasteiger partial charge in [-0.3, -0.25) is 0 Å². The van der Waals surface area contributed by atoms with E-state index >= 15 is 0 Å². The molecule has 0 N–H and O–H groups in total. The topological polar surface area (TPSA) is 0 Å². The average molecular weight is 315 g/mol. The lowest BCUT2D eigenvalue weighted by Crippen LogP contribution is -1.75. The zero-order chi connectivity index (χ0) is 16.0. The lowest BCUT2D eigenvalue weighted by molar-refractivity contribution is 0.679. The van der Waals surface area contributed by atoms with Gasteiger partial charge in [0.2, 0.25) is 0 Å². The molecule has 0 saturated heterocycles. The van der Waals surface area contributed by atoms with Gasteiger partial charge in [-0.05, 0) is 31.4 Å². The third-order valence-electron chi connectivity index (χ3n) is 3.64. The van der Waals surface area contributed by atoms with Gasteiger partial charge in [0.05, 0.1) is 9.75 Å². The van der Waals surface area contributed by atoms with Crippen molar-refractivity contribution in [2.24, 2.45) is 0 Å². The number of aryl methyl sites for hydroxylation is 1. The average Bonchev–Trinajstić information content (AvgIpc) is 2.86. The van der Waals surface area contributed by atoms with E-state index < -0.39 is 0 Å². The van der Waals surface area contributed by atoms with Gasteiger partial charge >= 0.3 is 0 Å². The lowest BCUT2D eigenvalue weighted by Gasteiger charge is -1.91. The minimum atomic E-state index is 1.02. The van der Waals surface area contributed by atoms with Crippen molar-refractivity contribution in [1.82, 2.24) is 0 Å². The largest absolute Gasteiger partial charge is 0.118 e. The summed E-state index contributed by atoms with van der Waals surface area (Å²) < 4.78 is 0. The highest BCUT2D eigenvalue weighted by molar-refractivity contribution is 7.13. The molecule has 1 aromatic heterocycles. The lowest BCUT2D eigenvalue weighted by atomic mass is 10.1. The van der Waals surface area contributed by atoms with Gasteiger partial charge in [0.25, 0.3) is 0 Å². The molecule has 0 amide bonds. The summed E-state index contributed by atoms with van der Waals surface area (Å²) in [4.78, 5) is 2.37. The van der Waals surface area contributed by atoms with Crippen LogP contribution in [0.15, 0.2) is 6.07 Å². The zero-order valence-corrected chi connectivity index (χ0v) is 15.4. The maximum atomic E-state index is 3.33. The van der Waals surface area contributed by atoms with Crippen molar-refractivity contribution in [3.05, 3.63) is 21.4 Å². The quantitative estimate of drug-likeness (QED) is 0.370. The van der Waals surface area contributed by atoms with Crippen LogP contribution in [0.2, 0.25) is 0 Å². The van der Waals surface area contributed by atoms with E-state index in [4.69, 9.17) is 0 Å². The van der Waals surface area contributed by atoms with E-state index in [1.807, 2.05) is 0 Å². The molecule has 1 rings (SSSR count). The fourth-order valence-electron chi connectivity index (χ4n) is 2.24. The SMILES string of the molecule is CCCCCCC#Cc1cc(C)c(C#CCCCCCC)s1. The third-order valence-corrected chi connectivity index (χ3v) is 4.71. The molecule has 120 valence electrons. The normalized spacial score (nSPS) is 9.77. The molecule has 0 aliphatic carbocycles. The van der Waals surface area contributed by atoms with Gasteiger partial charge in [-0.25, -0.2) is 0 Å². The Kier molecular flexibility index (Phi) is 10.6. The van der Waals surface area contributed by atoms with Gasteiger partial charge in [0.15, 0.2) is 0 Å². The maximum Gasteiger partial charge on any atom is 0.0810 e. The predicted molar refractivity (Wildman–Crippen MR) is 100 cm³/mol. The molecular formula is C21H30S. The standard InChI is InChI=1S/C21H30S/c1-4-6-8-10-12-14-16-20-18-19(3)21(22-20)17-15-13-11-9-7-5-2/h18H,4-13H2,1-3H3. The highest BCUT2D eigenvalue weighted by atomic mass is 32.1. The van der Waals surface area contributed by atoms with Crippen LogP contribution in [0.1, 0.15) is 93.4 Å². The van der Waals surface area contributed by atoms with E-state index in [-0.39, 0.29) is 0 Å². The highest BCUT2D eigenvalue weighted by Crippen LogP contribution is 2.20. The van der Waals surface area contributed by atoms with Crippen molar-refractivity contribution < 1.29 is 0 Å². The molecule has 1 heterocycles. The first kappa shape index (κ1) is 18.9. The second-order valence-electron chi connectivity index (χ2n) is 5.85. The van der Waals surface area contributed by atoms with Gasteiger partial charge in [-0.15, -0.1) is 11.3 Å². The molecule has 0 aromatic carbocycles. The smallest absolute Gasteiger partial charge is 0.0810 e. The minimum absolute atomic E-state index is 1.02. The first-order chi connectivity index (χ1) is 10.8. The number of rotatable bonds is 8. The zero-order valence-electron chi connectivity index (χ0n) is 14.6. The summed E-state index contributed by atoms with van der Waals surface area (Å²) in [5.74, 6) is 13.3. The molecule has 0 bridgehead atoms. The van der Waals surface area contributed by atoms with Crippen LogP contribution in [0.25, 0.3) is 0 Å². The van der Waals surface area contributed by atoms with E-state index in [9.17, 15) is 0 Å². The Morgan fingerprint density at radius 2 is 1.41 bits per heavy atom. The maximum absolute atomic E-state index is 3.33. The summed E-state index contributed by atoms with van der Waals surface area (Å²) in [6.07, 6.45) is 12.4. The molecule has 0 spiro atoms. The first-order valence-corrected chi connectivity index (χ1v) is 9.67. The van der Waals surface area contributed by atoms with Crippen LogP contribution in [-0.4, -0.2) is 0 Å². The van der Waals surface area contributed by atoms with E-state index in [0.29, 0.717) is 0 Å². The van der Waals surface area contributed by atoms with Crippen LogP contribution in [0.3, 0.4) is 0 Å². The van der Waals surface area contributed by atoms with Crippen molar-refractivity contribution in [2.45, 2.75) is 85.0 Å². The predicted octanol–water partition coefficient (Wildman–Crippen LogP) is 6.70. The molecule has 0 aliphatic rings. The van der Waals surface area contributed by atoms with Gasteiger partial charge in [0, 0.05) is 12.8 Å². The first-order valence-electron chi connectivity index (χ1n) is 8.86. The molecule has 0 unspecified atom stereocenters. The highest BCUT2D eigenvalue weighted by Gasteiger charge is 2.00. The van der Waals surface area contributed by atoms with Crippen molar-refractivity contribution in [1.29, 1.82) is 0 Å². The van der Waals surface area contributed by atoms with Crippen molar-refractivity contribution in [2.75, 3.05) is 0 Å². The third kappa shape index (κ3) is 8.31. The Bertz CT molecular complexity index is 528. The summed E-state index contributed by atoms with van der Waals surface area (Å²) in [5, 5.41) is 0. The molecule has 22 heavy (non-hydrogen) atoms. The summed E-state index contributed by atoms with van der Waals surface area (Å²) in [6.45, 7) is 6.63. The minimum Gasteiger partial charge on any atom is -0.118 e. The Labute approximate surface area is 141 Å². The van der Waals surface area contributed by atoms with Crippen LogP contribution in [0.4, 0.5) is 0 Å². The number of hydrogen-bond acceptors (Lipinski definition) is 1. The Morgan fingerprint density at radius 1 is 0.818 bits per heavy atom. The van der Waals surface area contributed by atoms with Crippen molar-refractivity contribution in [3.63, 3.8) is 0 Å². The Hall–Kier alpha value is -1.18. The number of thiophene rings is 1. The molecule has 1 aromatic rings. The van der Waals surface area contributed by atoms with Crippen LogP contribution in [0, 0.1) is 30.6 Å². The molecule has 0 saturated carbocycles. The summed E-state index contributed by atoms with van der Waals surface area (Å²) in [7, 11) is 0. The molecular weight excluding hydrogens is 284 g/mol. The summed E-state index contributed by atoms with van der Waals surface area (Å²) in [5.41, 5.74) is 1.28. The van der Waals surface area contributed by atoms with E-state index in [1.54, 1.807) is 11.3 Å².